The van der Waals surface area contributed by atoms with E-state index in [-0.39, 0.29) is 25.2 Å². The molecule has 0 aliphatic heterocycles. The standard InChI is InChI=1S/C28H52N5O4PS.H3N/c1-3-4-5-13-16-19-39-20-17-14-11-9-7-6-8-10-12-15-18-37-38(34,35)24-36-25(2)21-33-23-32-26-27(29)30-22-31-28(26)33;/h22-23,25H,3-21,24H2,1-2H3,(H,34,35)(H2,29,30,31);1H3/p+1/t25-;/m1./s1. The van der Waals surface area contributed by atoms with Crippen LogP contribution in [0.3, 0.4) is 0 Å². The minimum absolute atomic E-state index is 0. The molecule has 2 aromatic heterocycles. The Bertz CT molecular complexity index is 951. The number of rotatable bonds is 25. The fourth-order valence-electron chi connectivity index (χ4n) is 4.46. The first-order chi connectivity index (χ1) is 18.9. The molecule has 10 nitrogen and oxygen atoms in total. The predicted octanol–water partition coefficient (Wildman–Crippen LogP) is 7.95. The topological polar surface area (TPSA) is 162 Å². The summed E-state index contributed by atoms with van der Waals surface area (Å²) in [5.74, 6) is 2.99. The lowest BCUT2D eigenvalue weighted by Gasteiger charge is -2.17. The van der Waals surface area contributed by atoms with Gasteiger partial charge in [0.15, 0.2) is 11.5 Å². The molecule has 0 amide bonds. The zero-order chi connectivity index (χ0) is 28.2. The number of anilines is 1. The first-order valence-electron chi connectivity index (χ1n) is 15.0. The van der Waals surface area contributed by atoms with Gasteiger partial charge in [0.2, 0.25) is 0 Å². The fourth-order valence-corrected chi connectivity index (χ4v) is 6.41. The number of aromatic nitrogens is 4. The van der Waals surface area contributed by atoms with Gasteiger partial charge in [0.25, 0.3) is 0 Å². The molecule has 232 valence electrons. The number of nitrogens with zero attached hydrogens (tertiary/aromatic N) is 4. The fraction of sp³-hybridized carbons (Fsp3) is 0.821. The van der Waals surface area contributed by atoms with Gasteiger partial charge in [0, 0.05) is 0 Å². The molecule has 0 saturated heterocycles. The van der Waals surface area contributed by atoms with Crippen LogP contribution in [0.4, 0.5) is 5.82 Å². The number of nitrogens with two attached hydrogens (primary N) is 1. The van der Waals surface area contributed by atoms with Crippen LogP contribution in [0.15, 0.2) is 12.7 Å². The molecule has 0 aliphatic rings. The van der Waals surface area contributed by atoms with E-state index in [0.29, 0.717) is 23.5 Å². The molecule has 2 rings (SSSR count). The largest absolute Gasteiger partial charge is 0.382 e. The van der Waals surface area contributed by atoms with Crippen LogP contribution in [0.25, 0.3) is 11.2 Å². The molecule has 0 aliphatic carbocycles. The van der Waals surface area contributed by atoms with E-state index in [0.717, 1.165) is 19.3 Å². The smallest absolute Gasteiger partial charge is 0.353 e. The van der Waals surface area contributed by atoms with Crippen molar-refractivity contribution < 1.29 is 18.7 Å². The summed E-state index contributed by atoms with van der Waals surface area (Å²) in [6, 6.07) is 0. The van der Waals surface area contributed by atoms with Crippen molar-refractivity contribution in [1.29, 1.82) is 0 Å². The molecule has 0 spiro atoms. The van der Waals surface area contributed by atoms with E-state index in [4.69, 9.17) is 15.0 Å². The summed E-state index contributed by atoms with van der Waals surface area (Å²) >= 11 is 2.14. The van der Waals surface area contributed by atoms with Gasteiger partial charge in [-0.3, -0.25) is 4.57 Å². The van der Waals surface area contributed by atoms with E-state index in [1.165, 1.54) is 94.9 Å². The minimum Gasteiger partial charge on any atom is -0.382 e. The van der Waals surface area contributed by atoms with Gasteiger partial charge < -0.3 is 30.6 Å². The minimum atomic E-state index is -3.78. The predicted molar refractivity (Wildman–Crippen MR) is 169 cm³/mol. The molecule has 40 heavy (non-hydrogen) atoms. The quantitative estimate of drug-likeness (QED) is 0.0755. The number of unbranched alkanes of at least 4 members (excludes halogenated alkanes) is 13. The van der Waals surface area contributed by atoms with Crippen molar-refractivity contribution >= 4 is 36.3 Å². The number of nitrogen functional groups attached to an aromatic ring is 1. The summed E-state index contributed by atoms with van der Waals surface area (Å²) in [5.41, 5.74) is 6.95. The normalized spacial score (nSPS) is 13.8. The van der Waals surface area contributed by atoms with E-state index in [1.807, 2.05) is 6.92 Å². The van der Waals surface area contributed by atoms with Crippen molar-refractivity contribution in [1.82, 2.24) is 25.7 Å². The second-order valence-corrected chi connectivity index (χ2v) is 13.5. The molecule has 1 unspecified atom stereocenters. The maximum Gasteiger partial charge on any atom is 0.353 e. The van der Waals surface area contributed by atoms with Gasteiger partial charge in [0.05, 0.1) is 25.6 Å². The Kier molecular flexibility index (Phi) is 20.6. The van der Waals surface area contributed by atoms with Crippen LogP contribution in [0.1, 0.15) is 110 Å². The summed E-state index contributed by atoms with van der Waals surface area (Å²) in [6.07, 6.45) is 21.5. The third-order valence-corrected chi connectivity index (χ3v) is 8.99. The molecule has 0 aromatic carbocycles. The van der Waals surface area contributed by atoms with Gasteiger partial charge in [-0.2, -0.15) is 11.8 Å². The van der Waals surface area contributed by atoms with Crippen molar-refractivity contribution in [2.24, 2.45) is 0 Å². The van der Waals surface area contributed by atoms with Gasteiger partial charge >= 0.3 is 7.60 Å². The van der Waals surface area contributed by atoms with E-state index in [1.54, 1.807) is 10.9 Å². The number of fused-ring (bicyclic) bond motifs is 1. The molecule has 0 saturated carbocycles. The molecule has 0 radical (unpaired) electrons. The number of hydrogen-bond donors (Lipinski definition) is 3. The van der Waals surface area contributed by atoms with E-state index in [2.05, 4.69) is 33.6 Å². The van der Waals surface area contributed by atoms with Crippen molar-refractivity contribution in [2.75, 3.05) is 30.2 Å². The number of thioether (sulfide) groups is 1. The Hall–Kier alpha value is -1.23. The molecule has 0 bridgehead atoms. The van der Waals surface area contributed by atoms with Gasteiger partial charge in [-0.15, -0.1) is 0 Å². The van der Waals surface area contributed by atoms with E-state index in [9.17, 15) is 9.46 Å². The number of imidazole rings is 1. The van der Waals surface area contributed by atoms with Gasteiger partial charge in [0.1, 0.15) is 18.2 Å². The van der Waals surface area contributed by atoms with Gasteiger partial charge in [-0.1, -0.05) is 84.0 Å². The van der Waals surface area contributed by atoms with Crippen molar-refractivity contribution in [2.45, 2.75) is 123 Å². The monoisotopic (exact) mass is 603 g/mol. The molecule has 2 aromatic rings. The Balaban J connectivity index is 0.00000800. The van der Waals surface area contributed by atoms with Crippen LogP contribution in [0, 0.1) is 0 Å². The van der Waals surface area contributed by atoms with Crippen molar-refractivity contribution in [3.63, 3.8) is 0 Å². The Morgan fingerprint density at radius 2 is 1.50 bits per heavy atom. The average Bonchev–Trinajstić information content (AvgIpc) is 3.32. The van der Waals surface area contributed by atoms with Crippen molar-refractivity contribution in [3.8, 4) is 0 Å². The van der Waals surface area contributed by atoms with Crippen LogP contribution in [-0.2, 0) is 20.4 Å². The zero-order valence-electron chi connectivity index (χ0n) is 25.3. The second-order valence-electron chi connectivity index (χ2n) is 10.5. The highest BCUT2D eigenvalue weighted by Crippen LogP contribution is 2.42. The third-order valence-electron chi connectivity index (χ3n) is 6.77. The summed E-state index contributed by atoms with van der Waals surface area (Å²) in [6.45, 7) is 4.80. The highest BCUT2D eigenvalue weighted by Gasteiger charge is 2.21. The van der Waals surface area contributed by atoms with Crippen LogP contribution in [0.2, 0.25) is 0 Å². The molecular weight excluding hydrogens is 547 g/mol. The van der Waals surface area contributed by atoms with E-state index < -0.39 is 7.60 Å². The molecule has 7 N–H and O–H groups in total. The van der Waals surface area contributed by atoms with Crippen LogP contribution in [-0.4, -0.2) is 55.0 Å². The lowest BCUT2D eigenvalue weighted by atomic mass is 10.1. The van der Waals surface area contributed by atoms with Gasteiger partial charge in [-0.25, -0.2) is 15.0 Å². The first kappa shape index (κ1) is 36.8. The Morgan fingerprint density at radius 1 is 0.925 bits per heavy atom. The molecule has 12 heteroatoms. The summed E-state index contributed by atoms with van der Waals surface area (Å²) in [4.78, 5) is 22.4. The first-order valence-corrected chi connectivity index (χ1v) is 17.9. The summed E-state index contributed by atoms with van der Waals surface area (Å²) in [7, 11) is -3.78. The SMILES string of the molecule is CCCCCCCSCCCCCCCCCCCCOP(=O)(O)CO[C@H](C)Cn1cnc2c(N)ncnc21.[NH4+]. The Labute approximate surface area is 246 Å². The van der Waals surface area contributed by atoms with Crippen LogP contribution >= 0.6 is 19.4 Å². The zero-order valence-corrected chi connectivity index (χ0v) is 27.0. The lowest BCUT2D eigenvalue weighted by molar-refractivity contribution is 0.0715. The summed E-state index contributed by atoms with van der Waals surface area (Å²) in [5, 5.41) is 0. The number of quaternary nitrogens is 1. The molecular formula is C28H56N6O4PS+. The lowest BCUT2D eigenvalue weighted by Crippen LogP contribution is -2.17. The molecule has 2 heterocycles. The van der Waals surface area contributed by atoms with Crippen LogP contribution in [0.5, 0.6) is 0 Å². The number of ether oxygens (including phenoxy) is 1. The van der Waals surface area contributed by atoms with E-state index >= 15 is 0 Å². The van der Waals surface area contributed by atoms with Gasteiger partial charge in [-0.05, 0) is 37.7 Å². The Morgan fingerprint density at radius 3 is 2.12 bits per heavy atom. The number of hydrogen-bond acceptors (Lipinski definition) is 8. The van der Waals surface area contributed by atoms with Crippen molar-refractivity contribution in [3.05, 3.63) is 12.7 Å². The molecule has 2 atom stereocenters. The average molecular weight is 604 g/mol. The maximum atomic E-state index is 12.3. The third kappa shape index (κ3) is 16.3. The maximum absolute atomic E-state index is 12.3. The summed E-state index contributed by atoms with van der Waals surface area (Å²) < 4.78 is 24.9. The highest BCUT2D eigenvalue weighted by atomic mass is 32.2. The van der Waals surface area contributed by atoms with Crippen LogP contribution < -0.4 is 11.9 Å². The highest BCUT2D eigenvalue weighted by molar-refractivity contribution is 7.99. The second kappa shape index (κ2) is 22.4. The molecule has 0 fully saturated rings.